The maximum absolute atomic E-state index is 12.8. The predicted octanol–water partition coefficient (Wildman–Crippen LogP) is 3.29. The molecular formula is C11H12BrClFNO. The summed E-state index contributed by atoms with van der Waals surface area (Å²) >= 11 is 8.97. The normalized spacial score (nSPS) is 12.3. The molecule has 0 aliphatic heterocycles. The van der Waals surface area contributed by atoms with Gasteiger partial charge in [0.1, 0.15) is 5.82 Å². The Kier molecular flexibility index (Phi) is 4.74. The maximum Gasteiger partial charge on any atom is 0.254 e. The van der Waals surface area contributed by atoms with Crippen molar-refractivity contribution >= 4 is 33.4 Å². The van der Waals surface area contributed by atoms with Gasteiger partial charge >= 0.3 is 0 Å². The zero-order valence-corrected chi connectivity index (χ0v) is 11.3. The quantitative estimate of drug-likeness (QED) is 0.785. The van der Waals surface area contributed by atoms with Gasteiger partial charge in [-0.15, -0.1) is 11.6 Å². The summed E-state index contributed by atoms with van der Waals surface area (Å²) in [6.07, 6.45) is 0. The minimum absolute atomic E-state index is 0.117. The maximum atomic E-state index is 12.8. The summed E-state index contributed by atoms with van der Waals surface area (Å²) in [5.74, 6) is -0.559. The van der Waals surface area contributed by atoms with Gasteiger partial charge in [-0.25, -0.2) is 4.39 Å². The number of hydrogen-bond acceptors (Lipinski definition) is 1. The van der Waals surface area contributed by atoms with Crippen LogP contribution in [0.4, 0.5) is 4.39 Å². The molecule has 0 saturated heterocycles. The first-order chi connectivity index (χ1) is 7.41. The number of carbonyl (C=O) groups is 1. The fourth-order valence-electron chi connectivity index (χ4n) is 1.33. The average molecular weight is 309 g/mol. The van der Waals surface area contributed by atoms with Gasteiger partial charge in [0.25, 0.3) is 5.91 Å². The molecule has 0 heterocycles. The molecular weight excluding hydrogens is 296 g/mol. The summed E-state index contributed by atoms with van der Waals surface area (Å²) in [6.45, 7) is 2.26. The number of halogens is 3. The largest absolute Gasteiger partial charge is 0.340 e. The lowest BCUT2D eigenvalue weighted by Gasteiger charge is -2.19. The number of rotatable bonds is 3. The van der Waals surface area contributed by atoms with Crippen molar-refractivity contribution in [1.82, 2.24) is 4.90 Å². The van der Waals surface area contributed by atoms with Gasteiger partial charge in [-0.3, -0.25) is 4.79 Å². The highest BCUT2D eigenvalue weighted by Gasteiger charge is 2.16. The van der Waals surface area contributed by atoms with Crippen LogP contribution in [-0.2, 0) is 0 Å². The molecule has 1 atom stereocenters. The lowest BCUT2D eigenvalue weighted by atomic mass is 10.2. The van der Waals surface area contributed by atoms with E-state index < -0.39 is 0 Å². The summed E-state index contributed by atoms with van der Waals surface area (Å²) < 4.78 is 13.3. The lowest BCUT2D eigenvalue weighted by molar-refractivity contribution is 0.0795. The van der Waals surface area contributed by atoms with Crippen LogP contribution in [0.25, 0.3) is 0 Å². The van der Waals surface area contributed by atoms with Gasteiger partial charge in [0, 0.05) is 23.4 Å². The van der Waals surface area contributed by atoms with E-state index in [0.29, 0.717) is 16.6 Å². The number of nitrogens with zero attached hydrogens (tertiary/aromatic N) is 1. The summed E-state index contributed by atoms with van der Waals surface area (Å²) in [5.41, 5.74) is 0.432. The van der Waals surface area contributed by atoms with Gasteiger partial charge in [0.2, 0.25) is 0 Å². The van der Waals surface area contributed by atoms with E-state index in [1.807, 2.05) is 6.92 Å². The van der Waals surface area contributed by atoms with Crippen LogP contribution in [0, 0.1) is 5.82 Å². The van der Waals surface area contributed by atoms with E-state index in [0.717, 1.165) is 0 Å². The Morgan fingerprint density at radius 3 is 2.75 bits per heavy atom. The molecule has 0 bridgehead atoms. The van der Waals surface area contributed by atoms with Crippen molar-refractivity contribution in [3.63, 3.8) is 0 Å². The van der Waals surface area contributed by atoms with Crippen LogP contribution < -0.4 is 0 Å². The van der Waals surface area contributed by atoms with Gasteiger partial charge < -0.3 is 4.90 Å². The Labute approximate surface area is 108 Å². The van der Waals surface area contributed by atoms with E-state index in [2.05, 4.69) is 15.9 Å². The zero-order chi connectivity index (χ0) is 12.3. The summed E-state index contributed by atoms with van der Waals surface area (Å²) in [6, 6.07) is 3.98. The molecule has 0 aliphatic rings. The van der Waals surface area contributed by atoms with Gasteiger partial charge in [-0.1, -0.05) is 0 Å². The number of amides is 1. The van der Waals surface area contributed by atoms with Crippen LogP contribution in [-0.4, -0.2) is 29.8 Å². The van der Waals surface area contributed by atoms with Crippen molar-refractivity contribution in [2.75, 3.05) is 13.6 Å². The third kappa shape index (κ3) is 3.46. The molecule has 0 spiro atoms. The number of benzene rings is 1. The average Bonchev–Trinajstić information content (AvgIpc) is 2.15. The number of hydrogen-bond donors (Lipinski definition) is 0. The zero-order valence-electron chi connectivity index (χ0n) is 9.01. The fourth-order valence-corrected chi connectivity index (χ4v) is 2.06. The molecule has 88 valence electrons. The molecule has 1 amide bonds. The molecule has 1 aromatic rings. The Bertz CT molecular complexity index is 398. The minimum atomic E-state index is -0.378. The van der Waals surface area contributed by atoms with Crippen LogP contribution in [0.2, 0.25) is 0 Å². The molecule has 1 rings (SSSR count). The van der Waals surface area contributed by atoms with Crippen molar-refractivity contribution in [1.29, 1.82) is 0 Å². The van der Waals surface area contributed by atoms with Crippen LogP contribution in [0.3, 0.4) is 0 Å². The van der Waals surface area contributed by atoms with E-state index >= 15 is 0 Å². The van der Waals surface area contributed by atoms with Gasteiger partial charge in [0.15, 0.2) is 0 Å². The second-order valence-corrected chi connectivity index (χ2v) is 5.19. The summed E-state index contributed by atoms with van der Waals surface area (Å²) in [5, 5.41) is -0.117. The molecule has 0 fully saturated rings. The second-order valence-electron chi connectivity index (χ2n) is 3.59. The SMILES string of the molecule is CC(Cl)CN(C)C(=O)c1ccc(F)cc1Br. The molecule has 0 radical (unpaired) electrons. The number of alkyl halides is 1. The van der Waals surface area contributed by atoms with Gasteiger partial charge in [0.05, 0.1) is 5.56 Å². The summed E-state index contributed by atoms with van der Waals surface area (Å²) in [4.78, 5) is 13.4. The molecule has 1 unspecified atom stereocenters. The first-order valence-electron chi connectivity index (χ1n) is 4.76. The highest BCUT2D eigenvalue weighted by molar-refractivity contribution is 9.10. The summed E-state index contributed by atoms with van der Waals surface area (Å²) in [7, 11) is 1.66. The molecule has 0 saturated carbocycles. The Morgan fingerprint density at radius 2 is 2.25 bits per heavy atom. The minimum Gasteiger partial charge on any atom is -0.340 e. The van der Waals surface area contributed by atoms with Crippen molar-refractivity contribution < 1.29 is 9.18 Å². The Morgan fingerprint density at radius 1 is 1.62 bits per heavy atom. The highest BCUT2D eigenvalue weighted by atomic mass is 79.9. The van der Waals surface area contributed by atoms with E-state index in [1.165, 1.54) is 23.1 Å². The predicted molar refractivity (Wildman–Crippen MR) is 66.4 cm³/mol. The molecule has 16 heavy (non-hydrogen) atoms. The fraction of sp³-hybridized carbons (Fsp3) is 0.364. The van der Waals surface area contributed by atoms with Gasteiger partial charge in [-0.05, 0) is 41.1 Å². The molecule has 0 N–H and O–H groups in total. The van der Waals surface area contributed by atoms with E-state index in [9.17, 15) is 9.18 Å². The third-order valence-electron chi connectivity index (χ3n) is 2.03. The standard InChI is InChI=1S/C11H12BrClFNO/c1-7(13)6-15(2)11(16)9-4-3-8(14)5-10(9)12/h3-5,7H,6H2,1-2H3. The van der Waals surface area contributed by atoms with E-state index in [1.54, 1.807) is 7.05 Å². The molecule has 1 aromatic carbocycles. The Balaban J connectivity index is 2.88. The van der Waals surface area contributed by atoms with Crippen LogP contribution in [0.1, 0.15) is 17.3 Å². The van der Waals surface area contributed by atoms with Crippen molar-refractivity contribution in [2.24, 2.45) is 0 Å². The second kappa shape index (κ2) is 5.64. The molecule has 5 heteroatoms. The third-order valence-corrected chi connectivity index (χ3v) is 2.83. The molecule has 0 aromatic heterocycles. The topological polar surface area (TPSA) is 20.3 Å². The lowest BCUT2D eigenvalue weighted by Crippen LogP contribution is -2.31. The highest BCUT2D eigenvalue weighted by Crippen LogP contribution is 2.19. The van der Waals surface area contributed by atoms with Crippen LogP contribution >= 0.6 is 27.5 Å². The molecule has 2 nitrogen and oxygen atoms in total. The van der Waals surface area contributed by atoms with Crippen LogP contribution in [0.15, 0.2) is 22.7 Å². The molecule has 0 aliphatic carbocycles. The van der Waals surface area contributed by atoms with Crippen molar-refractivity contribution in [3.05, 3.63) is 34.1 Å². The van der Waals surface area contributed by atoms with E-state index in [-0.39, 0.29) is 17.1 Å². The van der Waals surface area contributed by atoms with Crippen molar-refractivity contribution in [2.45, 2.75) is 12.3 Å². The Hall–Kier alpha value is -0.610. The van der Waals surface area contributed by atoms with Gasteiger partial charge in [-0.2, -0.15) is 0 Å². The number of carbonyl (C=O) groups excluding carboxylic acids is 1. The first-order valence-corrected chi connectivity index (χ1v) is 5.99. The smallest absolute Gasteiger partial charge is 0.254 e. The first kappa shape index (κ1) is 13.5. The van der Waals surface area contributed by atoms with Crippen molar-refractivity contribution in [3.8, 4) is 0 Å². The monoisotopic (exact) mass is 307 g/mol. The van der Waals surface area contributed by atoms with E-state index in [4.69, 9.17) is 11.6 Å². The van der Waals surface area contributed by atoms with Crippen LogP contribution in [0.5, 0.6) is 0 Å².